The summed E-state index contributed by atoms with van der Waals surface area (Å²) in [6.07, 6.45) is 4.46. The molecule has 0 unspecified atom stereocenters. The van der Waals surface area contributed by atoms with Gasteiger partial charge in [0.15, 0.2) is 0 Å². The molecule has 0 bridgehead atoms. The minimum absolute atomic E-state index is 0.119. The number of carbonyl (C=O) groups excluding carboxylic acids is 3. The van der Waals surface area contributed by atoms with E-state index in [9.17, 15) is 14.4 Å². The van der Waals surface area contributed by atoms with Crippen LogP contribution in [-0.2, 0) is 18.3 Å². The lowest BCUT2D eigenvalue weighted by Gasteiger charge is -2.32. The van der Waals surface area contributed by atoms with Crippen LogP contribution < -0.4 is 4.74 Å². The summed E-state index contributed by atoms with van der Waals surface area (Å²) in [5.41, 5.74) is 2.71. The molecule has 8 nitrogen and oxygen atoms in total. The summed E-state index contributed by atoms with van der Waals surface area (Å²) >= 11 is 6.02. The number of nitrogens with zero attached hydrogens (tertiary/aromatic N) is 4. The Labute approximate surface area is 234 Å². The van der Waals surface area contributed by atoms with Crippen molar-refractivity contribution in [3.05, 3.63) is 64.3 Å². The van der Waals surface area contributed by atoms with Gasteiger partial charge in [0.2, 0.25) is 0 Å². The number of hydrogen-bond acceptors (Lipinski definition) is 5. The number of aryl methyl sites for hydroxylation is 1. The number of amides is 2. The highest BCUT2D eigenvalue weighted by molar-refractivity contribution is 6.45. The third-order valence-electron chi connectivity index (χ3n) is 8.11. The number of hydrogen-bond donors (Lipinski definition) is 0. The molecular formula is C30H35ClN4O4. The van der Waals surface area contributed by atoms with E-state index in [1.54, 1.807) is 34.9 Å². The van der Waals surface area contributed by atoms with Gasteiger partial charge in [0.1, 0.15) is 5.75 Å². The lowest BCUT2D eigenvalue weighted by molar-refractivity contribution is -0.127. The number of carbonyl (C=O) groups is 3. The van der Waals surface area contributed by atoms with Crippen molar-refractivity contribution in [1.82, 2.24) is 19.3 Å². The van der Waals surface area contributed by atoms with E-state index in [1.165, 1.54) is 5.56 Å². The Bertz CT molecular complexity index is 1380. The number of likely N-dealkylation sites (N-methyl/N-ethyl adjacent to an activating group) is 1. The van der Waals surface area contributed by atoms with Crippen LogP contribution in [-0.4, -0.2) is 90.3 Å². The summed E-state index contributed by atoms with van der Waals surface area (Å²) in [7, 11) is 5.37. The molecule has 5 rings (SSSR count). The van der Waals surface area contributed by atoms with Gasteiger partial charge in [0.05, 0.1) is 23.8 Å². The number of aromatic nitrogens is 1. The Morgan fingerprint density at radius 2 is 1.56 bits per heavy atom. The van der Waals surface area contributed by atoms with E-state index in [2.05, 4.69) is 17.0 Å². The number of Topliss-reactive ketones (excluding diaryl/α,β-unsaturated/α-hetero) is 1. The smallest absolute Gasteiger partial charge is 0.295 e. The molecule has 1 aromatic heterocycles. The predicted molar refractivity (Wildman–Crippen MR) is 152 cm³/mol. The predicted octanol–water partition coefficient (Wildman–Crippen LogP) is 3.89. The van der Waals surface area contributed by atoms with Crippen LogP contribution in [0.4, 0.5) is 0 Å². The first-order valence-electron chi connectivity index (χ1n) is 13.5. The van der Waals surface area contributed by atoms with Crippen LogP contribution in [0.25, 0.3) is 10.9 Å². The van der Waals surface area contributed by atoms with Crippen LogP contribution in [0, 0.1) is 5.92 Å². The zero-order chi connectivity index (χ0) is 27.7. The molecule has 0 saturated carbocycles. The van der Waals surface area contributed by atoms with Crippen LogP contribution in [0.15, 0.2) is 42.6 Å². The van der Waals surface area contributed by atoms with E-state index in [0.29, 0.717) is 54.4 Å². The Morgan fingerprint density at radius 3 is 2.21 bits per heavy atom. The number of piperazine rings is 1. The molecule has 2 aliphatic rings. The minimum Gasteiger partial charge on any atom is -0.496 e. The van der Waals surface area contributed by atoms with Crippen molar-refractivity contribution in [3.8, 4) is 5.75 Å². The lowest BCUT2D eigenvalue weighted by Crippen LogP contribution is -2.49. The van der Waals surface area contributed by atoms with Crippen LogP contribution in [0.1, 0.15) is 39.1 Å². The maximum Gasteiger partial charge on any atom is 0.295 e. The van der Waals surface area contributed by atoms with Gasteiger partial charge in [-0.2, -0.15) is 0 Å². The molecular weight excluding hydrogens is 516 g/mol. The number of ketones is 1. The molecule has 0 aliphatic carbocycles. The molecule has 3 heterocycles. The standard InChI is InChI=1S/C30H35ClN4O4/c1-32-12-14-35(15-13-32)30(38)28(36)25-19-33(2)26-18-27(39-3)24(17-23(25)26)29(37)34-10-8-21(9-11-34)16-20-4-6-22(31)7-5-20/h4-7,17-19,21H,8-16H2,1-3H3. The Balaban J connectivity index is 1.35. The molecule has 9 heteroatoms. The SMILES string of the molecule is COc1cc2c(cc1C(=O)N1CCC(Cc3ccc(Cl)cc3)CC1)c(C(=O)C(=O)N1CCN(C)CC1)cn2C. The minimum atomic E-state index is -0.545. The molecule has 3 aromatic rings. The first-order valence-corrected chi connectivity index (χ1v) is 13.9. The molecule has 0 spiro atoms. The first kappa shape index (κ1) is 27.2. The number of piperidine rings is 1. The normalized spacial score (nSPS) is 17.0. The molecule has 0 radical (unpaired) electrons. The molecule has 206 valence electrons. The lowest BCUT2D eigenvalue weighted by atomic mass is 9.90. The van der Waals surface area contributed by atoms with Crippen LogP contribution in [0.5, 0.6) is 5.75 Å². The fourth-order valence-corrected chi connectivity index (χ4v) is 5.78. The van der Waals surface area contributed by atoms with Gasteiger partial charge in [-0.1, -0.05) is 23.7 Å². The van der Waals surface area contributed by atoms with Gasteiger partial charge in [-0.05, 0) is 56.0 Å². The topological polar surface area (TPSA) is 75.1 Å². The zero-order valence-electron chi connectivity index (χ0n) is 22.8. The highest BCUT2D eigenvalue weighted by atomic mass is 35.5. The summed E-state index contributed by atoms with van der Waals surface area (Å²) < 4.78 is 7.42. The molecule has 2 saturated heterocycles. The van der Waals surface area contributed by atoms with E-state index in [0.717, 1.165) is 42.9 Å². The van der Waals surface area contributed by atoms with Gasteiger partial charge < -0.3 is 24.0 Å². The summed E-state index contributed by atoms with van der Waals surface area (Å²) in [5, 5.41) is 1.32. The maximum absolute atomic E-state index is 13.7. The molecule has 39 heavy (non-hydrogen) atoms. The van der Waals surface area contributed by atoms with E-state index in [1.807, 2.05) is 31.1 Å². The van der Waals surface area contributed by atoms with Crippen molar-refractivity contribution in [1.29, 1.82) is 0 Å². The second kappa shape index (κ2) is 11.4. The van der Waals surface area contributed by atoms with Gasteiger partial charge in [-0.25, -0.2) is 0 Å². The van der Waals surface area contributed by atoms with E-state index < -0.39 is 11.7 Å². The maximum atomic E-state index is 13.7. The van der Waals surface area contributed by atoms with E-state index in [4.69, 9.17) is 16.3 Å². The largest absolute Gasteiger partial charge is 0.496 e. The van der Waals surface area contributed by atoms with Gasteiger partial charge in [0.25, 0.3) is 17.6 Å². The number of ether oxygens (including phenoxy) is 1. The average molecular weight is 551 g/mol. The van der Waals surface area contributed by atoms with Crippen molar-refractivity contribution in [2.45, 2.75) is 19.3 Å². The highest BCUT2D eigenvalue weighted by Crippen LogP contribution is 2.32. The zero-order valence-corrected chi connectivity index (χ0v) is 23.5. The van der Waals surface area contributed by atoms with Crippen molar-refractivity contribution >= 4 is 40.1 Å². The van der Waals surface area contributed by atoms with Crippen LogP contribution >= 0.6 is 11.6 Å². The summed E-state index contributed by atoms with van der Waals surface area (Å²) in [4.78, 5) is 45.7. The fraction of sp³-hybridized carbons (Fsp3) is 0.433. The van der Waals surface area contributed by atoms with Crippen molar-refractivity contribution in [2.24, 2.45) is 13.0 Å². The molecule has 2 fully saturated rings. The van der Waals surface area contributed by atoms with Crippen molar-refractivity contribution in [3.63, 3.8) is 0 Å². The number of fused-ring (bicyclic) bond motifs is 1. The van der Waals surface area contributed by atoms with Gasteiger partial charge >= 0.3 is 0 Å². The van der Waals surface area contributed by atoms with E-state index >= 15 is 0 Å². The molecule has 2 aromatic carbocycles. The average Bonchev–Trinajstić information content (AvgIpc) is 3.28. The first-order chi connectivity index (χ1) is 18.7. The quantitative estimate of drug-likeness (QED) is 0.344. The third-order valence-corrected chi connectivity index (χ3v) is 8.36. The molecule has 0 atom stereocenters. The second-order valence-corrected chi connectivity index (χ2v) is 11.2. The number of likely N-dealkylation sites (tertiary alicyclic amines) is 1. The Hall–Kier alpha value is -3.36. The van der Waals surface area contributed by atoms with Crippen molar-refractivity contribution < 1.29 is 19.1 Å². The number of rotatable bonds is 6. The van der Waals surface area contributed by atoms with Gasteiger partial charge in [-0.3, -0.25) is 14.4 Å². The number of benzene rings is 2. The number of halogens is 1. The van der Waals surface area contributed by atoms with Crippen LogP contribution in [0.3, 0.4) is 0 Å². The summed E-state index contributed by atoms with van der Waals surface area (Å²) in [6.45, 7) is 3.83. The summed E-state index contributed by atoms with van der Waals surface area (Å²) in [6, 6.07) is 11.5. The monoisotopic (exact) mass is 550 g/mol. The molecule has 0 N–H and O–H groups in total. The Kier molecular flexibility index (Phi) is 7.96. The second-order valence-electron chi connectivity index (χ2n) is 10.7. The van der Waals surface area contributed by atoms with Gasteiger partial charge in [0, 0.05) is 69.0 Å². The van der Waals surface area contributed by atoms with Gasteiger partial charge in [-0.15, -0.1) is 0 Å². The van der Waals surface area contributed by atoms with E-state index in [-0.39, 0.29) is 5.91 Å². The molecule has 2 amide bonds. The fourth-order valence-electron chi connectivity index (χ4n) is 5.66. The third kappa shape index (κ3) is 5.68. The highest BCUT2D eigenvalue weighted by Gasteiger charge is 2.30. The Morgan fingerprint density at radius 1 is 0.897 bits per heavy atom. The number of methoxy groups -OCH3 is 1. The van der Waals surface area contributed by atoms with Crippen LogP contribution in [0.2, 0.25) is 5.02 Å². The van der Waals surface area contributed by atoms with Crippen molar-refractivity contribution in [2.75, 3.05) is 53.4 Å². The molecule has 2 aliphatic heterocycles. The summed E-state index contributed by atoms with van der Waals surface area (Å²) in [5.74, 6) is -0.204.